The van der Waals surface area contributed by atoms with Gasteiger partial charge in [-0.1, -0.05) is 25.7 Å². The van der Waals surface area contributed by atoms with Gasteiger partial charge in [0.15, 0.2) is 0 Å². The van der Waals surface area contributed by atoms with E-state index in [4.69, 9.17) is 0 Å². The molecule has 0 bridgehead atoms. The minimum atomic E-state index is -3.05. The van der Waals surface area contributed by atoms with Crippen LogP contribution in [0.5, 0.6) is 0 Å². The highest BCUT2D eigenvalue weighted by Gasteiger charge is 2.48. The van der Waals surface area contributed by atoms with E-state index in [0.29, 0.717) is 10.5 Å². The third-order valence-corrected chi connectivity index (χ3v) is 7.83. The fourth-order valence-electron chi connectivity index (χ4n) is 4.02. The van der Waals surface area contributed by atoms with E-state index in [-0.39, 0.29) is 12.1 Å². The predicted octanol–water partition coefficient (Wildman–Crippen LogP) is 2.62. The third kappa shape index (κ3) is 2.34. The van der Waals surface area contributed by atoms with Crippen LogP contribution < -0.4 is 0 Å². The Labute approximate surface area is 115 Å². The lowest BCUT2D eigenvalue weighted by atomic mass is 9.89. The molecule has 104 valence electrons. The fraction of sp³-hybridized carbons (Fsp3) is 1.00. The van der Waals surface area contributed by atoms with Gasteiger partial charge in [-0.15, -0.1) is 0 Å². The Morgan fingerprint density at radius 1 is 0.889 bits per heavy atom. The van der Waals surface area contributed by atoms with Crippen LogP contribution in [0.25, 0.3) is 0 Å². The van der Waals surface area contributed by atoms with E-state index >= 15 is 0 Å². The molecule has 0 radical (unpaired) electrons. The van der Waals surface area contributed by atoms with Gasteiger partial charge >= 0.3 is 0 Å². The molecule has 18 heavy (non-hydrogen) atoms. The van der Waals surface area contributed by atoms with E-state index in [2.05, 4.69) is 11.8 Å². The molecule has 1 saturated heterocycles. The van der Waals surface area contributed by atoms with Crippen molar-refractivity contribution >= 4 is 21.8 Å². The summed E-state index contributed by atoms with van der Waals surface area (Å²) in [5, 5.41) is 1.13. The van der Waals surface area contributed by atoms with Crippen molar-refractivity contribution in [1.82, 2.24) is 4.31 Å². The summed E-state index contributed by atoms with van der Waals surface area (Å²) >= 11 is 2.11. The van der Waals surface area contributed by atoms with Gasteiger partial charge < -0.3 is 0 Å². The summed E-state index contributed by atoms with van der Waals surface area (Å²) in [5.74, 6) is 0. The highest BCUT2D eigenvalue weighted by Crippen LogP contribution is 2.47. The van der Waals surface area contributed by atoms with Gasteiger partial charge in [-0.3, -0.25) is 0 Å². The molecule has 1 heterocycles. The van der Waals surface area contributed by atoms with E-state index in [9.17, 15) is 8.42 Å². The van der Waals surface area contributed by atoms with Crippen LogP contribution in [0.15, 0.2) is 0 Å². The van der Waals surface area contributed by atoms with Crippen molar-refractivity contribution in [2.45, 2.75) is 74.0 Å². The number of nitrogens with zero attached hydrogens (tertiary/aromatic N) is 1. The molecule has 2 saturated carbocycles. The van der Waals surface area contributed by atoms with Crippen LogP contribution in [0.2, 0.25) is 0 Å². The standard InChI is InChI=1S/C13H23NO2S2/c1-18(15,16)14-10-6-2-4-8-12(10)17-13-9-5-3-7-11(13)14/h10-13H,2-9H2,1H3. The third-order valence-electron chi connectivity index (χ3n) is 4.72. The number of hydrogen-bond acceptors (Lipinski definition) is 3. The molecule has 3 fully saturated rings. The highest BCUT2D eigenvalue weighted by molar-refractivity contribution is 8.00. The predicted molar refractivity (Wildman–Crippen MR) is 76.4 cm³/mol. The monoisotopic (exact) mass is 289 g/mol. The zero-order valence-electron chi connectivity index (χ0n) is 11.0. The Hall–Kier alpha value is 0.260. The summed E-state index contributed by atoms with van der Waals surface area (Å²) in [5.41, 5.74) is 0. The van der Waals surface area contributed by atoms with Crippen LogP contribution in [0.4, 0.5) is 0 Å². The lowest BCUT2D eigenvalue weighted by Crippen LogP contribution is -2.60. The zero-order valence-corrected chi connectivity index (χ0v) is 12.7. The molecular weight excluding hydrogens is 266 g/mol. The van der Waals surface area contributed by atoms with Gasteiger partial charge in [-0.25, -0.2) is 8.42 Å². The van der Waals surface area contributed by atoms with E-state index in [1.165, 1.54) is 44.8 Å². The van der Waals surface area contributed by atoms with Crippen LogP contribution >= 0.6 is 11.8 Å². The molecule has 0 N–H and O–H groups in total. The molecule has 4 atom stereocenters. The Bertz CT molecular complexity index is 387. The van der Waals surface area contributed by atoms with Crippen molar-refractivity contribution in [3.8, 4) is 0 Å². The second-order valence-electron chi connectivity index (χ2n) is 6.01. The number of fused-ring (bicyclic) bond motifs is 2. The summed E-state index contributed by atoms with van der Waals surface area (Å²) in [6.45, 7) is 0. The maximum Gasteiger partial charge on any atom is 0.211 e. The van der Waals surface area contributed by atoms with Crippen LogP contribution in [-0.4, -0.2) is 41.6 Å². The van der Waals surface area contributed by atoms with Crippen molar-refractivity contribution in [2.24, 2.45) is 0 Å². The smallest absolute Gasteiger partial charge is 0.211 e. The normalized spacial score (nSPS) is 42.1. The first-order chi connectivity index (χ1) is 8.57. The fourth-order valence-corrected chi connectivity index (χ4v) is 7.61. The number of rotatable bonds is 1. The molecule has 2 aliphatic carbocycles. The molecule has 1 aliphatic heterocycles. The second-order valence-corrected chi connectivity index (χ2v) is 9.38. The van der Waals surface area contributed by atoms with E-state index in [1.54, 1.807) is 0 Å². The molecule has 0 aromatic heterocycles. The lowest BCUT2D eigenvalue weighted by molar-refractivity contribution is 0.166. The maximum atomic E-state index is 12.2. The molecule has 0 aromatic rings. The Morgan fingerprint density at radius 2 is 1.33 bits per heavy atom. The minimum absolute atomic E-state index is 0.290. The Kier molecular flexibility index (Phi) is 3.67. The van der Waals surface area contributed by atoms with Crippen molar-refractivity contribution in [3.63, 3.8) is 0 Å². The van der Waals surface area contributed by atoms with Gasteiger partial charge in [0.25, 0.3) is 0 Å². The SMILES string of the molecule is CS(=O)(=O)N1C2CCCCC2SC2CCCCC21. The molecule has 3 rings (SSSR count). The first-order valence-corrected chi connectivity index (χ1v) is 10.0. The zero-order chi connectivity index (χ0) is 12.8. The Morgan fingerprint density at radius 3 is 1.78 bits per heavy atom. The molecule has 0 spiro atoms. The summed E-state index contributed by atoms with van der Waals surface area (Å²) in [7, 11) is -3.05. The van der Waals surface area contributed by atoms with Gasteiger partial charge in [-0.2, -0.15) is 16.1 Å². The second kappa shape index (κ2) is 4.98. The molecule has 5 heteroatoms. The van der Waals surface area contributed by atoms with Gasteiger partial charge in [0.2, 0.25) is 10.0 Å². The van der Waals surface area contributed by atoms with E-state index in [0.717, 1.165) is 12.8 Å². The van der Waals surface area contributed by atoms with Crippen molar-refractivity contribution in [3.05, 3.63) is 0 Å². The average molecular weight is 289 g/mol. The van der Waals surface area contributed by atoms with Crippen LogP contribution in [0, 0.1) is 0 Å². The van der Waals surface area contributed by atoms with Crippen molar-refractivity contribution in [1.29, 1.82) is 0 Å². The van der Waals surface area contributed by atoms with Gasteiger partial charge in [0.1, 0.15) is 0 Å². The van der Waals surface area contributed by atoms with Gasteiger partial charge in [-0.05, 0) is 25.7 Å². The molecule has 0 aromatic carbocycles. The van der Waals surface area contributed by atoms with Crippen molar-refractivity contribution < 1.29 is 8.42 Å². The summed E-state index contributed by atoms with van der Waals surface area (Å²) in [6, 6.07) is 0.580. The van der Waals surface area contributed by atoms with E-state index < -0.39 is 10.0 Å². The highest BCUT2D eigenvalue weighted by atomic mass is 32.2. The van der Waals surface area contributed by atoms with E-state index in [1.807, 2.05) is 4.31 Å². The quantitative estimate of drug-likeness (QED) is 0.744. The Balaban J connectivity index is 1.92. The van der Waals surface area contributed by atoms with Gasteiger partial charge in [0, 0.05) is 22.6 Å². The summed E-state index contributed by atoms with van der Waals surface area (Å²) in [6.07, 6.45) is 11.0. The van der Waals surface area contributed by atoms with Crippen molar-refractivity contribution in [2.75, 3.05) is 6.26 Å². The van der Waals surface area contributed by atoms with Crippen LogP contribution in [-0.2, 0) is 10.0 Å². The average Bonchev–Trinajstić information content (AvgIpc) is 2.34. The minimum Gasteiger partial charge on any atom is -0.212 e. The summed E-state index contributed by atoms with van der Waals surface area (Å²) < 4.78 is 26.4. The van der Waals surface area contributed by atoms with Crippen LogP contribution in [0.3, 0.4) is 0 Å². The largest absolute Gasteiger partial charge is 0.212 e. The maximum absolute atomic E-state index is 12.2. The topological polar surface area (TPSA) is 37.4 Å². The first-order valence-electron chi connectivity index (χ1n) is 7.21. The number of hydrogen-bond donors (Lipinski definition) is 0. The lowest BCUT2D eigenvalue weighted by Gasteiger charge is -2.51. The molecule has 3 aliphatic rings. The molecule has 3 nitrogen and oxygen atoms in total. The van der Waals surface area contributed by atoms with Crippen LogP contribution in [0.1, 0.15) is 51.4 Å². The first kappa shape index (κ1) is 13.3. The number of thioether (sulfide) groups is 1. The number of sulfonamides is 1. The molecule has 0 amide bonds. The molecular formula is C13H23NO2S2. The van der Waals surface area contributed by atoms with Gasteiger partial charge in [0.05, 0.1) is 6.26 Å². The summed E-state index contributed by atoms with van der Waals surface area (Å²) in [4.78, 5) is 0. The molecule has 4 unspecified atom stereocenters.